The molecule has 0 bridgehead atoms. The highest BCUT2D eigenvalue weighted by Crippen LogP contribution is 2.69. The number of allylic oxidation sites excluding steroid dienone is 4. The third-order valence-electron chi connectivity index (χ3n) is 8.86. The van der Waals surface area contributed by atoms with E-state index in [4.69, 9.17) is 13.6 Å². The van der Waals surface area contributed by atoms with Crippen LogP contribution in [0.5, 0.6) is 0 Å². The molecule has 0 aromatic heterocycles. The fourth-order valence-corrected chi connectivity index (χ4v) is 7.57. The molecule has 4 fully saturated rings. The summed E-state index contributed by atoms with van der Waals surface area (Å²) in [7, 11) is 0. The Hall–Kier alpha value is -1.34. The van der Waals surface area contributed by atoms with Crippen molar-refractivity contribution in [3.63, 3.8) is 0 Å². The molecule has 9 atom stereocenters. The van der Waals surface area contributed by atoms with Gasteiger partial charge in [-0.15, -0.1) is 0 Å². The molecule has 0 amide bonds. The van der Waals surface area contributed by atoms with Gasteiger partial charge >= 0.3 is 0 Å². The minimum atomic E-state index is -1.76. The van der Waals surface area contributed by atoms with Gasteiger partial charge in [-0.2, -0.15) is 0 Å². The Labute approximate surface area is 187 Å². The number of hydrogen-bond donors (Lipinski definition) is 2. The minimum absolute atomic E-state index is 0.106. The molecule has 0 aromatic carbocycles. The first-order valence-corrected chi connectivity index (χ1v) is 11.4. The van der Waals surface area contributed by atoms with E-state index in [9.17, 15) is 19.8 Å². The number of Topliss-reactive ketones (excluding diaryl/α,β-unsaturated/α-hetero) is 1. The van der Waals surface area contributed by atoms with Gasteiger partial charge in [0.15, 0.2) is 23.4 Å². The zero-order valence-electron chi connectivity index (χ0n) is 21.4. The largest absolute Gasteiger partial charge is 0.393 e. The summed E-state index contributed by atoms with van der Waals surface area (Å²) in [6.45, 7) is 4.89. The molecule has 0 aromatic rings. The van der Waals surface area contributed by atoms with Crippen molar-refractivity contribution in [3.8, 4) is 0 Å². The lowest BCUT2D eigenvalue weighted by molar-refractivity contribution is -0.200. The number of fused-ring (bicyclic) bond motifs is 7. The Balaban J connectivity index is 1.62. The number of ether oxygens (including phenoxy) is 2. The molecule has 2 N–H and O–H groups in total. The van der Waals surface area contributed by atoms with Gasteiger partial charge in [-0.1, -0.05) is 38.8 Å². The number of aliphatic hydroxyl groups is 2. The van der Waals surface area contributed by atoms with E-state index < -0.39 is 53.7 Å². The van der Waals surface area contributed by atoms with Crippen molar-refractivity contribution in [2.24, 2.45) is 28.6 Å². The first-order chi connectivity index (χ1) is 15.8. The molecule has 3 saturated carbocycles. The van der Waals surface area contributed by atoms with Gasteiger partial charge in [0.25, 0.3) is 0 Å². The van der Waals surface area contributed by atoms with Gasteiger partial charge in [-0.25, -0.2) is 0 Å². The van der Waals surface area contributed by atoms with Gasteiger partial charge < -0.3 is 19.7 Å². The van der Waals surface area contributed by atoms with Crippen LogP contribution in [0.3, 0.4) is 0 Å². The topological polar surface area (TPSA) is 93.1 Å². The highest BCUT2D eigenvalue weighted by Gasteiger charge is 2.75. The molecule has 170 valence electrons. The maximum absolute atomic E-state index is 13.3. The predicted molar refractivity (Wildman–Crippen MR) is 113 cm³/mol. The molecule has 0 spiro atoms. The second-order valence-electron chi connectivity index (χ2n) is 10.3. The molecule has 1 saturated heterocycles. The van der Waals surface area contributed by atoms with Crippen LogP contribution in [0, 0.1) is 28.6 Å². The van der Waals surface area contributed by atoms with Crippen LogP contribution in [0.25, 0.3) is 0 Å². The van der Waals surface area contributed by atoms with E-state index >= 15 is 0 Å². The van der Waals surface area contributed by atoms with Crippen molar-refractivity contribution in [3.05, 3.63) is 23.8 Å². The fourth-order valence-electron chi connectivity index (χ4n) is 7.57. The highest BCUT2D eigenvalue weighted by atomic mass is 16.7. The van der Waals surface area contributed by atoms with Crippen molar-refractivity contribution < 1.29 is 33.4 Å². The lowest BCUT2D eigenvalue weighted by Gasteiger charge is -2.59. The number of ketones is 2. The fraction of sp³-hybridized carbons (Fsp3) is 0.760. The SMILES string of the molecule is [2H]C1([2H])C[C@@H]2[C@H]([C@@H](O)C[C@@]3(C)[C@H]2C[C@H]2O[C@@]([2H])(CCC)O[C@]23C(=O)CO)[C@@]2(C)C=CC(=O)C=C12. The molecule has 31 heavy (non-hydrogen) atoms. The Kier molecular flexibility index (Phi) is 4.14. The number of carbonyl (C=O) groups is 2. The van der Waals surface area contributed by atoms with Crippen molar-refractivity contribution in [2.45, 2.75) is 83.3 Å². The third kappa shape index (κ3) is 2.65. The Morgan fingerprint density at radius 2 is 2.19 bits per heavy atom. The number of carbonyl (C=O) groups excluding carboxylic acids is 2. The highest BCUT2D eigenvalue weighted by molar-refractivity contribution is 6.01. The zero-order valence-corrected chi connectivity index (χ0v) is 18.4. The maximum atomic E-state index is 13.3. The van der Waals surface area contributed by atoms with E-state index in [-0.39, 0.29) is 42.8 Å². The molecule has 0 unspecified atom stereocenters. The summed E-state index contributed by atoms with van der Waals surface area (Å²) in [5.74, 6) is -1.69. The van der Waals surface area contributed by atoms with Crippen LogP contribution in [0.2, 0.25) is 0 Å². The van der Waals surface area contributed by atoms with E-state index in [1.807, 2.05) is 20.8 Å². The van der Waals surface area contributed by atoms with Gasteiger partial charge in [0.2, 0.25) is 0 Å². The van der Waals surface area contributed by atoms with E-state index in [0.29, 0.717) is 18.4 Å². The quantitative estimate of drug-likeness (QED) is 0.708. The normalized spacial score (nSPS) is 55.8. The first-order valence-electron chi connectivity index (χ1n) is 12.9. The van der Waals surface area contributed by atoms with Crippen LogP contribution in [-0.2, 0) is 19.1 Å². The summed E-state index contributed by atoms with van der Waals surface area (Å²) in [6.07, 6.45) is 1.03. The Morgan fingerprint density at radius 3 is 2.90 bits per heavy atom. The standard InChI is InChI=1S/C25H34O6/c1-4-5-21-30-20-11-17-16-7-6-14-10-15(27)8-9-23(14,2)22(16)18(28)12-24(17,3)25(20,31-21)19(29)13-26/h8-10,16-18,20-22,26,28H,4-7,11-13H2,1-3H3/t16-,17-,18-,20+,21+,22+,23-,24-,25+/m0/s1/i6D2,21D. The van der Waals surface area contributed by atoms with E-state index in [0.717, 1.165) is 0 Å². The van der Waals surface area contributed by atoms with Crippen molar-refractivity contribution >= 4 is 11.6 Å². The lowest BCUT2D eigenvalue weighted by atomic mass is 9.46. The lowest BCUT2D eigenvalue weighted by Crippen LogP contribution is -2.63. The van der Waals surface area contributed by atoms with Gasteiger partial charge in [0.05, 0.1) is 13.6 Å². The average Bonchev–Trinajstić information content (AvgIpc) is 3.16. The molecule has 5 aliphatic rings. The van der Waals surface area contributed by atoms with Crippen molar-refractivity contribution in [1.82, 2.24) is 0 Å². The molecule has 5 rings (SSSR count). The number of hydrogen-bond acceptors (Lipinski definition) is 6. The molecule has 6 heteroatoms. The van der Waals surface area contributed by atoms with Crippen molar-refractivity contribution in [1.29, 1.82) is 0 Å². The molecular weight excluding hydrogens is 396 g/mol. The first kappa shape index (κ1) is 18.1. The third-order valence-corrected chi connectivity index (χ3v) is 8.86. The Bertz CT molecular complexity index is 995. The van der Waals surface area contributed by atoms with Crippen molar-refractivity contribution in [2.75, 3.05) is 6.61 Å². The summed E-state index contributed by atoms with van der Waals surface area (Å²) < 4.78 is 38.7. The van der Waals surface area contributed by atoms with Crippen LogP contribution >= 0.6 is 0 Å². The van der Waals surface area contributed by atoms with Gasteiger partial charge in [-0.3, -0.25) is 9.59 Å². The molecule has 6 nitrogen and oxygen atoms in total. The van der Waals surface area contributed by atoms with E-state index in [1.54, 1.807) is 6.08 Å². The van der Waals surface area contributed by atoms with Crippen LogP contribution in [-0.4, -0.2) is 52.5 Å². The monoisotopic (exact) mass is 433 g/mol. The predicted octanol–water partition coefficient (Wildman–Crippen LogP) is 2.72. The second kappa shape index (κ2) is 7.08. The Morgan fingerprint density at radius 1 is 1.42 bits per heavy atom. The summed E-state index contributed by atoms with van der Waals surface area (Å²) in [5, 5.41) is 21.5. The molecule has 1 aliphatic heterocycles. The zero-order chi connectivity index (χ0) is 24.9. The van der Waals surface area contributed by atoms with Crippen LogP contribution < -0.4 is 0 Å². The van der Waals surface area contributed by atoms with Crippen LogP contribution in [0.4, 0.5) is 0 Å². The van der Waals surface area contributed by atoms with Gasteiger partial charge in [0.1, 0.15) is 6.61 Å². The average molecular weight is 434 g/mol. The van der Waals surface area contributed by atoms with Crippen LogP contribution in [0.15, 0.2) is 23.8 Å². The van der Waals surface area contributed by atoms with Gasteiger partial charge in [-0.05, 0) is 56.0 Å². The molecule has 1 heterocycles. The van der Waals surface area contributed by atoms with Crippen LogP contribution in [0.1, 0.15) is 63.4 Å². The van der Waals surface area contributed by atoms with E-state index in [1.165, 1.54) is 12.2 Å². The number of aliphatic hydroxyl groups excluding tert-OH is 2. The van der Waals surface area contributed by atoms with Gasteiger partial charge in [0, 0.05) is 19.5 Å². The molecule has 0 radical (unpaired) electrons. The molecular formula is C25H34O6. The minimum Gasteiger partial charge on any atom is -0.393 e. The smallest absolute Gasteiger partial charge is 0.193 e. The van der Waals surface area contributed by atoms with E-state index in [2.05, 4.69) is 0 Å². The second-order valence-corrected chi connectivity index (χ2v) is 10.3. The summed E-state index contributed by atoms with van der Waals surface area (Å²) in [5.41, 5.74) is -2.96. The summed E-state index contributed by atoms with van der Waals surface area (Å²) in [4.78, 5) is 25.5. The molecule has 4 aliphatic carbocycles. The summed E-state index contributed by atoms with van der Waals surface area (Å²) in [6, 6.07) is 0. The maximum Gasteiger partial charge on any atom is 0.193 e. The number of rotatable bonds is 4. The summed E-state index contributed by atoms with van der Waals surface area (Å²) >= 11 is 0.